The number of pyridine rings is 1. The van der Waals surface area contributed by atoms with Crippen LogP contribution in [0, 0.1) is 13.8 Å². The summed E-state index contributed by atoms with van der Waals surface area (Å²) in [6.45, 7) is 3.76. The molecule has 5 heteroatoms. The monoisotopic (exact) mass is 245 g/mol. The average molecular weight is 245 g/mol. The van der Waals surface area contributed by atoms with Crippen LogP contribution in [0.4, 0.5) is 0 Å². The molecule has 17 heavy (non-hydrogen) atoms. The van der Waals surface area contributed by atoms with Crippen LogP contribution >= 0.6 is 11.8 Å². The lowest BCUT2D eigenvalue weighted by Gasteiger charge is -2.01. The average Bonchev–Trinajstić information content (AvgIpc) is 2.28. The Labute approximate surface area is 104 Å². The number of rotatable bonds is 2. The van der Waals surface area contributed by atoms with E-state index in [1.165, 1.54) is 6.20 Å². The van der Waals surface area contributed by atoms with Crippen LogP contribution in [0.15, 0.2) is 35.7 Å². The Morgan fingerprint density at radius 3 is 2.53 bits per heavy atom. The van der Waals surface area contributed by atoms with Crippen LogP contribution < -0.4 is 0 Å². The Morgan fingerprint density at radius 2 is 1.94 bits per heavy atom. The van der Waals surface area contributed by atoms with Gasteiger partial charge in [-0.25, -0.2) is 9.97 Å². The first-order valence-electron chi connectivity index (χ1n) is 5.09. The molecule has 0 amide bonds. The van der Waals surface area contributed by atoms with Crippen molar-refractivity contribution in [3.8, 4) is 0 Å². The molecule has 2 aromatic heterocycles. The highest BCUT2D eigenvalue weighted by Crippen LogP contribution is 2.19. The van der Waals surface area contributed by atoms with E-state index in [4.69, 9.17) is 0 Å². The van der Waals surface area contributed by atoms with Crippen LogP contribution in [0.3, 0.4) is 0 Å². The number of aromatic nitrogens is 3. The zero-order chi connectivity index (χ0) is 12.3. The van der Waals surface area contributed by atoms with Crippen molar-refractivity contribution in [1.82, 2.24) is 15.0 Å². The van der Waals surface area contributed by atoms with Gasteiger partial charge in [0.15, 0.2) is 5.16 Å². The molecule has 0 atom stereocenters. The van der Waals surface area contributed by atoms with Crippen LogP contribution in [-0.4, -0.2) is 20.1 Å². The Kier molecular flexibility index (Phi) is 3.49. The van der Waals surface area contributed by atoms with Crippen LogP contribution in [-0.2, 0) is 0 Å². The van der Waals surface area contributed by atoms with Gasteiger partial charge >= 0.3 is 0 Å². The molecule has 0 N–H and O–H groups in total. The van der Waals surface area contributed by atoms with Crippen LogP contribution in [0.2, 0.25) is 0 Å². The van der Waals surface area contributed by atoms with Crippen molar-refractivity contribution in [2.75, 3.05) is 0 Å². The lowest BCUT2D eigenvalue weighted by Crippen LogP contribution is -1.98. The van der Waals surface area contributed by atoms with Gasteiger partial charge in [-0.15, -0.1) is 0 Å². The van der Waals surface area contributed by atoms with Crippen LogP contribution in [0.5, 0.6) is 0 Å². The normalized spacial score (nSPS) is 10.2. The molecule has 0 aliphatic heterocycles. The Bertz CT molecular complexity index is 522. The first kappa shape index (κ1) is 11.7. The van der Waals surface area contributed by atoms with E-state index in [1.807, 2.05) is 19.9 Å². The Balaban J connectivity index is 2.19. The molecule has 0 aliphatic carbocycles. The van der Waals surface area contributed by atoms with Gasteiger partial charge in [0.2, 0.25) is 5.12 Å². The van der Waals surface area contributed by atoms with Crippen molar-refractivity contribution in [2.24, 2.45) is 0 Å². The van der Waals surface area contributed by atoms with E-state index in [2.05, 4.69) is 15.0 Å². The minimum absolute atomic E-state index is 0.0944. The van der Waals surface area contributed by atoms with Crippen LogP contribution in [0.1, 0.15) is 21.7 Å². The first-order valence-corrected chi connectivity index (χ1v) is 5.91. The maximum absolute atomic E-state index is 11.9. The summed E-state index contributed by atoms with van der Waals surface area (Å²) in [6, 6.07) is 5.33. The molecule has 4 nitrogen and oxygen atoms in total. The molecule has 0 bridgehead atoms. The highest BCUT2D eigenvalue weighted by atomic mass is 32.2. The molecule has 86 valence electrons. The topological polar surface area (TPSA) is 55.7 Å². The van der Waals surface area contributed by atoms with E-state index in [0.717, 1.165) is 23.1 Å². The van der Waals surface area contributed by atoms with E-state index in [1.54, 1.807) is 18.3 Å². The highest BCUT2D eigenvalue weighted by Gasteiger charge is 2.10. The zero-order valence-corrected chi connectivity index (χ0v) is 10.4. The largest absolute Gasteiger partial charge is 0.281 e. The van der Waals surface area contributed by atoms with Gasteiger partial charge in [-0.3, -0.25) is 9.78 Å². The van der Waals surface area contributed by atoms with Gasteiger partial charge < -0.3 is 0 Å². The second-order valence-corrected chi connectivity index (χ2v) is 4.50. The molecule has 0 aromatic carbocycles. The fraction of sp³-hybridized carbons (Fsp3) is 0.167. The minimum Gasteiger partial charge on any atom is -0.281 e. The van der Waals surface area contributed by atoms with Crippen molar-refractivity contribution in [1.29, 1.82) is 0 Å². The molecule has 2 aromatic rings. The van der Waals surface area contributed by atoms with Crippen molar-refractivity contribution in [2.45, 2.75) is 19.0 Å². The third kappa shape index (κ3) is 3.10. The third-order valence-corrected chi connectivity index (χ3v) is 2.83. The molecule has 0 fully saturated rings. The minimum atomic E-state index is -0.0944. The zero-order valence-electron chi connectivity index (χ0n) is 9.54. The smallest absolute Gasteiger partial charge is 0.228 e. The van der Waals surface area contributed by atoms with E-state index >= 15 is 0 Å². The second-order valence-electron chi connectivity index (χ2n) is 3.56. The molecule has 0 saturated carbocycles. The fourth-order valence-electron chi connectivity index (χ4n) is 1.36. The number of hydrogen-bond acceptors (Lipinski definition) is 5. The predicted octanol–water partition coefficient (Wildman–Crippen LogP) is 2.42. The number of carbonyl (C=O) groups is 1. The molecule has 0 spiro atoms. The van der Waals surface area contributed by atoms with Gasteiger partial charge in [-0.1, -0.05) is 0 Å². The number of thioether (sulfide) groups is 1. The summed E-state index contributed by atoms with van der Waals surface area (Å²) < 4.78 is 0. The summed E-state index contributed by atoms with van der Waals surface area (Å²) in [4.78, 5) is 24.2. The van der Waals surface area contributed by atoms with Gasteiger partial charge in [0.05, 0.1) is 0 Å². The van der Waals surface area contributed by atoms with Gasteiger partial charge in [0, 0.05) is 29.3 Å². The number of aryl methyl sites for hydroxylation is 2. The van der Waals surface area contributed by atoms with Crippen molar-refractivity contribution in [3.63, 3.8) is 0 Å². The standard InChI is InChI=1S/C12H11N3OS/c1-8-6-9(2)15-12(14-8)17-11(16)10-4-3-5-13-7-10/h3-7H,1-2H3. The van der Waals surface area contributed by atoms with Crippen molar-refractivity contribution in [3.05, 3.63) is 47.5 Å². The van der Waals surface area contributed by atoms with Gasteiger partial charge in [0.1, 0.15) is 0 Å². The highest BCUT2D eigenvalue weighted by molar-refractivity contribution is 8.14. The summed E-state index contributed by atoms with van der Waals surface area (Å²) in [5.41, 5.74) is 2.28. The lowest BCUT2D eigenvalue weighted by molar-refractivity contribution is 0.108. The number of nitrogens with zero attached hydrogens (tertiary/aromatic N) is 3. The first-order chi connectivity index (χ1) is 8.15. The molecule has 0 radical (unpaired) electrons. The number of carbonyl (C=O) groups excluding carboxylic acids is 1. The maximum atomic E-state index is 11.9. The summed E-state index contributed by atoms with van der Waals surface area (Å²) in [6.07, 6.45) is 3.17. The Hall–Kier alpha value is -1.75. The molecule has 0 saturated heterocycles. The molecule has 0 aliphatic rings. The molecular formula is C12H11N3OS. The van der Waals surface area contributed by atoms with Crippen molar-refractivity contribution >= 4 is 16.9 Å². The van der Waals surface area contributed by atoms with Crippen molar-refractivity contribution < 1.29 is 4.79 Å². The predicted molar refractivity (Wildman–Crippen MR) is 65.9 cm³/mol. The summed E-state index contributed by atoms with van der Waals surface area (Å²) >= 11 is 1.02. The molecule has 2 rings (SSSR count). The van der Waals surface area contributed by atoms with E-state index in [-0.39, 0.29) is 5.12 Å². The fourth-order valence-corrected chi connectivity index (χ4v) is 2.15. The summed E-state index contributed by atoms with van der Waals surface area (Å²) in [5, 5.41) is 0.388. The van der Waals surface area contributed by atoms with E-state index in [9.17, 15) is 4.79 Å². The quantitative estimate of drug-likeness (QED) is 0.600. The van der Waals surface area contributed by atoms with E-state index in [0.29, 0.717) is 10.7 Å². The van der Waals surface area contributed by atoms with Crippen LogP contribution in [0.25, 0.3) is 0 Å². The lowest BCUT2D eigenvalue weighted by atomic mass is 10.3. The SMILES string of the molecule is Cc1cc(C)nc(SC(=O)c2cccnc2)n1. The molecule has 0 unspecified atom stereocenters. The summed E-state index contributed by atoms with van der Waals surface area (Å²) in [5.74, 6) is 0. The van der Waals surface area contributed by atoms with Gasteiger partial charge in [-0.05, 0) is 43.8 Å². The molecule has 2 heterocycles. The third-order valence-electron chi connectivity index (χ3n) is 2.04. The molecular weight excluding hydrogens is 234 g/mol. The Morgan fingerprint density at radius 1 is 1.24 bits per heavy atom. The van der Waals surface area contributed by atoms with Gasteiger partial charge in [0.25, 0.3) is 0 Å². The van der Waals surface area contributed by atoms with E-state index < -0.39 is 0 Å². The summed E-state index contributed by atoms with van der Waals surface area (Å²) in [7, 11) is 0. The number of hydrogen-bond donors (Lipinski definition) is 0. The maximum Gasteiger partial charge on any atom is 0.228 e. The van der Waals surface area contributed by atoms with Gasteiger partial charge in [-0.2, -0.15) is 0 Å². The second kappa shape index (κ2) is 5.05.